The van der Waals surface area contributed by atoms with Crippen molar-refractivity contribution in [3.8, 4) is 6.07 Å². The Hall–Kier alpha value is -1.59. The summed E-state index contributed by atoms with van der Waals surface area (Å²) in [4.78, 5) is 2.64. The number of hydrogen-bond acceptors (Lipinski definition) is 4. The highest BCUT2D eigenvalue weighted by Gasteiger charge is 2.26. The molecule has 0 aliphatic carbocycles. The van der Waals surface area contributed by atoms with Gasteiger partial charge >= 0.3 is 0 Å². The molecule has 0 saturated heterocycles. The number of hydrogen-bond donors (Lipinski definition) is 1. The number of aromatic nitrogens is 1. The lowest BCUT2D eigenvalue weighted by atomic mass is 10.2. The largest absolute Gasteiger partial charge is 0.265 e. The summed E-state index contributed by atoms with van der Waals surface area (Å²) in [5.41, 5.74) is -1.29. The molecule has 0 bridgehead atoms. The Morgan fingerprint density at radius 1 is 1.56 bits per heavy atom. The van der Waals surface area contributed by atoms with Crippen molar-refractivity contribution in [2.75, 3.05) is 0 Å². The van der Waals surface area contributed by atoms with Crippen LogP contribution >= 0.6 is 0 Å². The van der Waals surface area contributed by atoms with Crippen LogP contribution in [-0.4, -0.2) is 13.4 Å². The molecule has 0 aliphatic rings. The monoisotopic (exact) mass is 247 g/mol. The summed E-state index contributed by atoms with van der Waals surface area (Å²) in [6.07, 6.45) is -3.04. The minimum Gasteiger partial charge on any atom is -0.241 e. The van der Waals surface area contributed by atoms with Gasteiger partial charge in [0.25, 0.3) is 6.43 Å². The second-order valence-corrected chi connectivity index (χ2v) is 4.49. The van der Waals surface area contributed by atoms with Gasteiger partial charge in [0.1, 0.15) is 11.0 Å². The van der Waals surface area contributed by atoms with Crippen LogP contribution in [0.1, 0.15) is 23.4 Å². The Balaban J connectivity index is 3.74. The van der Waals surface area contributed by atoms with Gasteiger partial charge in [-0.25, -0.2) is 27.3 Å². The molecule has 0 amide bonds. The molecule has 0 spiro atoms. The lowest BCUT2D eigenvalue weighted by Gasteiger charge is -2.08. The van der Waals surface area contributed by atoms with Crippen LogP contribution in [0.15, 0.2) is 11.0 Å². The van der Waals surface area contributed by atoms with E-state index >= 15 is 0 Å². The first kappa shape index (κ1) is 12.5. The van der Waals surface area contributed by atoms with Crippen LogP contribution in [0.2, 0.25) is 0 Å². The zero-order valence-corrected chi connectivity index (χ0v) is 8.92. The van der Waals surface area contributed by atoms with E-state index in [1.807, 2.05) is 0 Å². The molecule has 0 radical (unpaired) electrons. The van der Waals surface area contributed by atoms with Gasteiger partial charge in [-0.05, 0) is 13.0 Å². The van der Waals surface area contributed by atoms with Crippen molar-refractivity contribution in [2.24, 2.45) is 5.14 Å². The third kappa shape index (κ3) is 2.32. The smallest absolute Gasteiger partial charge is 0.241 e. The molecule has 0 atom stereocenters. The van der Waals surface area contributed by atoms with E-state index in [1.54, 1.807) is 0 Å². The first-order valence-corrected chi connectivity index (χ1v) is 5.54. The molecule has 0 fully saturated rings. The Labute approximate surface area is 90.6 Å². The molecule has 2 N–H and O–H groups in total. The summed E-state index contributed by atoms with van der Waals surface area (Å²) >= 11 is 0. The minimum absolute atomic E-state index is 0.124. The number of alkyl halides is 2. The maximum Gasteiger partial charge on any atom is 0.265 e. The molecular formula is C8H7F2N3O2S. The highest BCUT2D eigenvalue weighted by atomic mass is 32.2. The molecule has 1 aromatic heterocycles. The van der Waals surface area contributed by atoms with E-state index in [0.29, 0.717) is 0 Å². The first-order valence-electron chi connectivity index (χ1n) is 4.00. The predicted octanol–water partition coefficient (Wildman–Crippen LogP) is 0.847. The molecule has 1 heterocycles. The SMILES string of the molecule is Cc1cc(C(F)F)c(S(N)(=O)=O)c(C#N)n1. The zero-order chi connectivity index (χ0) is 12.5. The fourth-order valence-electron chi connectivity index (χ4n) is 1.22. The van der Waals surface area contributed by atoms with E-state index in [0.717, 1.165) is 6.07 Å². The van der Waals surface area contributed by atoms with Crippen LogP contribution < -0.4 is 5.14 Å². The molecule has 0 saturated carbocycles. The minimum atomic E-state index is -4.40. The Morgan fingerprint density at radius 2 is 2.12 bits per heavy atom. The molecule has 16 heavy (non-hydrogen) atoms. The van der Waals surface area contributed by atoms with Crippen molar-refractivity contribution in [3.05, 3.63) is 23.0 Å². The van der Waals surface area contributed by atoms with Gasteiger partial charge in [-0.15, -0.1) is 0 Å². The summed E-state index contributed by atoms with van der Waals surface area (Å²) in [5, 5.41) is 13.4. The number of nitrogens with zero attached hydrogens (tertiary/aromatic N) is 2. The van der Waals surface area contributed by atoms with E-state index in [1.165, 1.54) is 13.0 Å². The Bertz CT molecular complexity index is 563. The van der Waals surface area contributed by atoms with E-state index < -0.39 is 32.6 Å². The Morgan fingerprint density at radius 3 is 2.50 bits per heavy atom. The van der Waals surface area contributed by atoms with Crippen molar-refractivity contribution in [3.63, 3.8) is 0 Å². The number of primary sulfonamides is 1. The van der Waals surface area contributed by atoms with Gasteiger partial charge in [0, 0.05) is 11.3 Å². The van der Waals surface area contributed by atoms with Gasteiger partial charge in [0.05, 0.1) is 0 Å². The van der Waals surface area contributed by atoms with Crippen molar-refractivity contribution in [1.29, 1.82) is 5.26 Å². The summed E-state index contributed by atoms with van der Waals surface area (Å²) in [5.74, 6) is 0. The number of pyridine rings is 1. The fraction of sp³-hybridized carbons (Fsp3) is 0.250. The van der Waals surface area contributed by atoms with E-state index in [4.69, 9.17) is 10.4 Å². The molecule has 0 unspecified atom stereocenters. The number of aryl methyl sites for hydroxylation is 1. The molecule has 5 nitrogen and oxygen atoms in total. The molecule has 86 valence electrons. The van der Waals surface area contributed by atoms with Crippen molar-refractivity contribution >= 4 is 10.0 Å². The van der Waals surface area contributed by atoms with Crippen molar-refractivity contribution < 1.29 is 17.2 Å². The second-order valence-electron chi connectivity index (χ2n) is 2.99. The summed E-state index contributed by atoms with van der Waals surface area (Å²) in [7, 11) is -4.40. The predicted molar refractivity (Wildman–Crippen MR) is 50.0 cm³/mol. The normalized spacial score (nSPS) is 11.5. The van der Waals surface area contributed by atoms with Crippen molar-refractivity contribution in [1.82, 2.24) is 4.98 Å². The number of halogens is 2. The first-order chi connectivity index (χ1) is 7.27. The quantitative estimate of drug-likeness (QED) is 0.837. The number of nitriles is 1. The maximum absolute atomic E-state index is 12.6. The van der Waals surface area contributed by atoms with Gasteiger partial charge in [0.2, 0.25) is 10.0 Å². The van der Waals surface area contributed by atoms with Crippen LogP contribution in [0.3, 0.4) is 0 Å². The second kappa shape index (κ2) is 4.11. The fourth-order valence-corrected chi connectivity index (χ4v) is 2.06. The van der Waals surface area contributed by atoms with Crippen LogP contribution in [0, 0.1) is 18.3 Å². The molecule has 0 aromatic carbocycles. The third-order valence-electron chi connectivity index (χ3n) is 1.76. The van der Waals surface area contributed by atoms with Gasteiger partial charge in [-0.1, -0.05) is 0 Å². The molecule has 1 rings (SSSR count). The lowest BCUT2D eigenvalue weighted by molar-refractivity contribution is 0.147. The average molecular weight is 247 g/mol. The highest BCUT2D eigenvalue weighted by Crippen LogP contribution is 2.28. The lowest BCUT2D eigenvalue weighted by Crippen LogP contribution is -2.18. The third-order valence-corrected chi connectivity index (χ3v) is 2.75. The number of sulfonamides is 1. The summed E-state index contributed by atoms with van der Waals surface area (Å²) < 4.78 is 47.4. The Kier molecular flexibility index (Phi) is 3.21. The summed E-state index contributed by atoms with van der Waals surface area (Å²) in [6, 6.07) is 2.33. The van der Waals surface area contributed by atoms with Gasteiger partial charge < -0.3 is 0 Å². The molecular weight excluding hydrogens is 240 g/mol. The number of rotatable bonds is 2. The van der Waals surface area contributed by atoms with Crippen LogP contribution in [0.4, 0.5) is 8.78 Å². The molecule has 8 heteroatoms. The van der Waals surface area contributed by atoms with Gasteiger partial charge in [-0.3, -0.25) is 0 Å². The van der Waals surface area contributed by atoms with E-state index in [-0.39, 0.29) is 5.69 Å². The molecule has 0 aliphatic heterocycles. The molecule has 1 aromatic rings. The van der Waals surface area contributed by atoms with Crippen LogP contribution in [0.25, 0.3) is 0 Å². The standard InChI is InChI=1S/C8H7F2N3O2S/c1-4-2-5(8(9)10)7(16(12,14)15)6(3-11)13-4/h2,8H,1H3,(H2,12,14,15). The van der Waals surface area contributed by atoms with E-state index in [2.05, 4.69) is 4.98 Å². The van der Waals surface area contributed by atoms with Gasteiger partial charge in [-0.2, -0.15) is 5.26 Å². The van der Waals surface area contributed by atoms with Gasteiger partial charge in [0.15, 0.2) is 5.69 Å². The summed E-state index contributed by atoms with van der Waals surface area (Å²) in [6.45, 7) is 1.37. The van der Waals surface area contributed by atoms with Crippen LogP contribution in [0.5, 0.6) is 0 Å². The van der Waals surface area contributed by atoms with Crippen molar-refractivity contribution in [2.45, 2.75) is 18.2 Å². The average Bonchev–Trinajstić information content (AvgIpc) is 2.14. The highest BCUT2D eigenvalue weighted by molar-refractivity contribution is 7.89. The zero-order valence-electron chi connectivity index (χ0n) is 8.11. The maximum atomic E-state index is 12.6. The topological polar surface area (TPSA) is 96.8 Å². The van der Waals surface area contributed by atoms with Crippen LogP contribution in [-0.2, 0) is 10.0 Å². The van der Waals surface area contributed by atoms with E-state index in [9.17, 15) is 17.2 Å². The number of nitrogens with two attached hydrogens (primary N) is 1.